The molecule has 0 saturated carbocycles. The number of allylic oxidation sites excluding steroid dienone is 2. The first-order valence-electron chi connectivity index (χ1n) is 12.0. The lowest BCUT2D eigenvalue weighted by Gasteiger charge is -2.16. The molecule has 4 heteroatoms. The summed E-state index contributed by atoms with van der Waals surface area (Å²) in [5.41, 5.74) is 15.3. The third kappa shape index (κ3) is 12.5. The van der Waals surface area contributed by atoms with Crippen LogP contribution in [0.4, 0.5) is 4.39 Å². The van der Waals surface area contributed by atoms with Gasteiger partial charge in [-0.1, -0.05) is 63.3 Å². The molecule has 1 aromatic rings. The first-order chi connectivity index (χ1) is 15.0. The summed E-state index contributed by atoms with van der Waals surface area (Å²) in [6, 6.07) is 5.67. The van der Waals surface area contributed by atoms with Crippen molar-refractivity contribution in [3.63, 3.8) is 0 Å². The highest BCUT2D eigenvalue weighted by Gasteiger charge is 2.09. The average molecular weight is 430 g/mol. The summed E-state index contributed by atoms with van der Waals surface area (Å²) in [5.74, 6) is 0.571. The van der Waals surface area contributed by atoms with Gasteiger partial charge in [0.05, 0.1) is 0 Å². The Morgan fingerprint density at radius 1 is 1.16 bits per heavy atom. The van der Waals surface area contributed by atoms with E-state index in [-0.39, 0.29) is 5.82 Å². The van der Waals surface area contributed by atoms with Gasteiger partial charge in [0.25, 0.3) is 0 Å². The van der Waals surface area contributed by atoms with Crippen molar-refractivity contribution in [2.24, 2.45) is 22.4 Å². The van der Waals surface area contributed by atoms with Crippen molar-refractivity contribution in [3.8, 4) is 0 Å². The van der Waals surface area contributed by atoms with E-state index in [0.717, 1.165) is 80.3 Å². The molecule has 0 saturated heterocycles. The molecule has 174 valence electrons. The Morgan fingerprint density at radius 2 is 1.90 bits per heavy atom. The largest absolute Gasteiger partial charge is 0.404 e. The summed E-state index contributed by atoms with van der Waals surface area (Å²) in [4.78, 5) is 4.60. The Morgan fingerprint density at radius 3 is 2.52 bits per heavy atom. The summed E-state index contributed by atoms with van der Waals surface area (Å²) < 4.78 is 14.2. The molecule has 0 aliphatic rings. The smallest absolute Gasteiger partial charge is 0.126 e. The number of halogens is 1. The zero-order valence-electron chi connectivity index (χ0n) is 19.8. The van der Waals surface area contributed by atoms with E-state index in [1.807, 2.05) is 19.2 Å². The fraction of sp³-hybridized carbons (Fsp3) is 0.593. The van der Waals surface area contributed by atoms with Crippen molar-refractivity contribution in [2.45, 2.75) is 84.5 Å². The van der Waals surface area contributed by atoms with Crippen molar-refractivity contribution in [3.05, 3.63) is 59.1 Å². The van der Waals surface area contributed by atoms with Crippen LogP contribution < -0.4 is 11.5 Å². The molecule has 0 bridgehead atoms. The normalized spacial score (nSPS) is 13.1. The van der Waals surface area contributed by atoms with Crippen LogP contribution in [-0.2, 0) is 12.8 Å². The molecule has 0 fully saturated rings. The molecule has 3 nitrogen and oxygen atoms in total. The lowest BCUT2D eigenvalue weighted by Crippen LogP contribution is -2.06. The number of hydrogen-bond donors (Lipinski definition) is 2. The fourth-order valence-electron chi connectivity index (χ4n) is 3.91. The number of nitrogens with two attached hydrogens (primary N) is 2. The highest BCUT2D eigenvalue weighted by Crippen LogP contribution is 2.21. The van der Waals surface area contributed by atoms with Crippen molar-refractivity contribution in [1.29, 1.82) is 0 Å². The van der Waals surface area contributed by atoms with Crippen LogP contribution in [0.3, 0.4) is 0 Å². The number of aliphatic imine (C=N–C) groups is 1. The molecule has 0 amide bonds. The van der Waals surface area contributed by atoms with Gasteiger partial charge in [0.2, 0.25) is 0 Å². The van der Waals surface area contributed by atoms with Crippen molar-refractivity contribution >= 4 is 6.21 Å². The number of hydrogen-bond acceptors (Lipinski definition) is 3. The van der Waals surface area contributed by atoms with Gasteiger partial charge >= 0.3 is 0 Å². The second-order valence-electron chi connectivity index (χ2n) is 8.77. The van der Waals surface area contributed by atoms with Gasteiger partial charge in [0, 0.05) is 12.8 Å². The molecular weight excluding hydrogens is 385 g/mol. The Bertz CT molecular complexity index is 694. The zero-order chi connectivity index (χ0) is 22.9. The summed E-state index contributed by atoms with van der Waals surface area (Å²) in [7, 11) is 0. The Kier molecular flexibility index (Phi) is 14.6. The maximum Gasteiger partial charge on any atom is 0.126 e. The number of benzene rings is 1. The van der Waals surface area contributed by atoms with Crippen molar-refractivity contribution < 1.29 is 4.39 Å². The van der Waals surface area contributed by atoms with E-state index < -0.39 is 0 Å². The number of rotatable bonds is 17. The molecule has 0 heterocycles. The van der Waals surface area contributed by atoms with Crippen LogP contribution in [0.2, 0.25) is 0 Å². The zero-order valence-corrected chi connectivity index (χ0v) is 19.8. The summed E-state index contributed by atoms with van der Waals surface area (Å²) >= 11 is 0. The van der Waals surface area contributed by atoms with E-state index >= 15 is 0 Å². The van der Waals surface area contributed by atoms with Crippen LogP contribution in [0.15, 0.2) is 47.1 Å². The fourth-order valence-corrected chi connectivity index (χ4v) is 3.91. The van der Waals surface area contributed by atoms with Gasteiger partial charge in [-0.05, 0) is 86.9 Å². The number of aryl methyl sites for hydroxylation is 1. The first-order valence-corrected chi connectivity index (χ1v) is 12.0. The highest BCUT2D eigenvalue weighted by molar-refractivity contribution is 5.78. The minimum Gasteiger partial charge on any atom is -0.404 e. The van der Waals surface area contributed by atoms with Gasteiger partial charge in [0.15, 0.2) is 0 Å². The van der Waals surface area contributed by atoms with Crippen molar-refractivity contribution in [1.82, 2.24) is 0 Å². The second-order valence-corrected chi connectivity index (χ2v) is 8.77. The Hall–Kier alpha value is -1.94. The predicted octanol–water partition coefficient (Wildman–Crippen LogP) is 6.51. The quantitative estimate of drug-likeness (QED) is 0.168. The molecule has 1 rings (SSSR count). The molecule has 0 aliphatic heterocycles. The number of nitrogens with zero attached hydrogens (tertiary/aromatic N) is 1. The summed E-state index contributed by atoms with van der Waals surface area (Å²) in [6.07, 6.45) is 15.3. The standard InChI is InChI=1S/C27H44FN3/c1-4-9-25(20-30)21-31-17-15-23(11-7-8-16-29)10-5-6-12-24-13-14-26(18-22(2)3)27(28)19-24/h13-14,19-21,23H,2,4-12,15-18,29-30H2,1,3H3/b25-20-,31-21-. The van der Waals surface area contributed by atoms with Gasteiger partial charge < -0.3 is 11.5 Å². The molecule has 0 aliphatic carbocycles. The van der Waals surface area contributed by atoms with Crippen LogP contribution in [0.5, 0.6) is 0 Å². The maximum atomic E-state index is 14.2. The van der Waals surface area contributed by atoms with Gasteiger partial charge in [-0.2, -0.15) is 0 Å². The van der Waals surface area contributed by atoms with E-state index in [0.29, 0.717) is 12.3 Å². The highest BCUT2D eigenvalue weighted by atomic mass is 19.1. The van der Waals surface area contributed by atoms with Crippen LogP contribution in [0, 0.1) is 11.7 Å². The lowest BCUT2D eigenvalue weighted by molar-refractivity contribution is 0.394. The molecule has 1 unspecified atom stereocenters. The molecule has 31 heavy (non-hydrogen) atoms. The minimum atomic E-state index is -0.105. The molecule has 0 radical (unpaired) electrons. The molecule has 1 aromatic carbocycles. The van der Waals surface area contributed by atoms with E-state index in [1.165, 1.54) is 19.3 Å². The van der Waals surface area contributed by atoms with Gasteiger partial charge in [0.1, 0.15) is 5.82 Å². The average Bonchev–Trinajstić information content (AvgIpc) is 2.74. The molecule has 0 spiro atoms. The lowest BCUT2D eigenvalue weighted by atomic mass is 9.91. The van der Waals surface area contributed by atoms with Gasteiger partial charge in [-0.15, -0.1) is 0 Å². The Balaban J connectivity index is 2.45. The molecule has 4 N–H and O–H groups in total. The first kappa shape index (κ1) is 27.1. The SMILES string of the molecule is C=C(C)Cc1ccc(CCCCC(CCCCN)CC/N=C\C(=C/N)CCC)cc1F. The third-order valence-corrected chi connectivity index (χ3v) is 5.68. The van der Waals surface area contributed by atoms with E-state index in [2.05, 4.69) is 24.6 Å². The van der Waals surface area contributed by atoms with Gasteiger partial charge in [-0.3, -0.25) is 4.99 Å². The summed E-state index contributed by atoms with van der Waals surface area (Å²) in [5, 5.41) is 0. The summed E-state index contributed by atoms with van der Waals surface area (Å²) in [6.45, 7) is 9.57. The second kappa shape index (κ2) is 16.7. The molecule has 0 aromatic heterocycles. The predicted molar refractivity (Wildman–Crippen MR) is 134 cm³/mol. The molecule has 1 atom stereocenters. The van der Waals surface area contributed by atoms with Gasteiger partial charge in [-0.25, -0.2) is 4.39 Å². The van der Waals surface area contributed by atoms with Crippen LogP contribution >= 0.6 is 0 Å². The maximum absolute atomic E-state index is 14.2. The third-order valence-electron chi connectivity index (χ3n) is 5.68. The monoisotopic (exact) mass is 429 g/mol. The Labute approximate surface area is 189 Å². The van der Waals surface area contributed by atoms with Crippen LogP contribution in [0.1, 0.15) is 82.8 Å². The minimum absolute atomic E-state index is 0.105. The topological polar surface area (TPSA) is 64.4 Å². The van der Waals surface area contributed by atoms with E-state index in [4.69, 9.17) is 11.5 Å². The number of unbranched alkanes of at least 4 members (excludes halogenated alkanes) is 2. The molecular formula is C27H44FN3. The van der Waals surface area contributed by atoms with E-state index in [1.54, 1.807) is 12.3 Å². The van der Waals surface area contributed by atoms with Crippen molar-refractivity contribution in [2.75, 3.05) is 13.1 Å². The van der Waals surface area contributed by atoms with Crippen LogP contribution in [0.25, 0.3) is 0 Å². The van der Waals surface area contributed by atoms with E-state index in [9.17, 15) is 4.39 Å². The van der Waals surface area contributed by atoms with Crippen LogP contribution in [-0.4, -0.2) is 19.3 Å².